The first-order chi connectivity index (χ1) is 16.0. The van der Waals surface area contributed by atoms with E-state index < -0.39 is 11.9 Å². The molecular formula is C24H18ClN3O5. The summed E-state index contributed by atoms with van der Waals surface area (Å²) >= 11 is 5.93. The molecule has 0 bridgehead atoms. The Morgan fingerprint density at radius 3 is 2.45 bits per heavy atom. The van der Waals surface area contributed by atoms with Gasteiger partial charge in [0.05, 0.1) is 10.9 Å². The number of amides is 1. The van der Waals surface area contributed by atoms with Gasteiger partial charge in [-0.3, -0.25) is 14.4 Å². The van der Waals surface area contributed by atoms with Gasteiger partial charge in [0.15, 0.2) is 0 Å². The third-order valence-electron chi connectivity index (χ3n) is 4.58. The topological polar surface area (TPSA) is 110 Å². The summed E-state index contributed by atoms with van der Waals surface area (Å²) in [4.78, 5) is 43.2. The molecule has 33 heavy (non-hydrogen) atoms. The number of carbonyl (C=O) groups excluding carboxylic acids is 2. The molecule has 3 aromatic carbocycles. The number of nitrogens with one attached hydrogen (secondary N) is 2. The zero-order chi connectivity index (χ0) is 23.2. The number of fused-ring (bicyclic) bond motifs is 1. The van der Waals surface area contributed by atoms with E-state index in [0.29, 0.717) is 33.0 Å². The number of rotatable bonds is 7. The Hall–Kier alpha value is -4.17. The van der Waals surface area contributed by atoms with Crippen molar-refractivity contribution in [2.24, 2.45) is 0 Å². The number of hydrogen-bond donors (Lipinski definition) is 2. The highest BCUT2D eigenvalue weighted by atomic mass is 35.5. The first kappa shape index (κ1) is 22.0. The number of aromatic amines is 1. The molecule has 8 nitrogen and oxygen atoms in total. The fraction of sp³-hybridized carbons (Fsp3) is 0.0833. The second-order valence-corrected chi connectivity index (χ2v) is 7.39. The predicted molar refractivity (Wildman–Crippen MR) is 122 cm³/mol. The molecule has 1 heterocycles. The van der Waals surface area contributed by atoms with Crippen LogP contribution in [0.5, 0.6) is 11.5 Å². The summed E-state index contributed by atoms with van der Waals surface area (Å²) in [6, 6.07) is 20.5. The van der Waals surface area contributed by atoms with E-state index in [0.717, 1.165) is 0 Å². The number of carbonyl (C=O) groups is 2. The minimum absolute atomic E-state index is 0.170. The largest absolute Gasteiger partial charge is 0.457 e. The summed E-state index contributed by atoms with van der Waals surface area (Å²) in [5.74, 6) is 0.313. The Kier molecular flexibility index (Phi) is 6.66. The number of hydrogen-bond acceptors (Lipinski definition) is 6. The van der Waals surface area contributed by atoms with Gasteiger partial charge in [-0.2, -0.15) is 0 Å². The van der Waals surface area contributed by atoms with Crippen molar-refractivity contribution >= 4 is 34.4 Å². The van der Waals surface area contributed by atoms with E-state index in [1.165, 1.54) is 0 Å². The maximum absolute atomic E-state index is 12.3. The predicted octanol–water partition coefficient (Wildman–Crippen LogP) is 3.84. The lowest BCUT2D eigenvalue weighted by Gasteiger charge is -2.08. The molecule has 1 amide bonds. The van der Waals surface area contributed by atoms with Gasteiger partial charge in [-0.05, 0) is 54.6 Å². The molecule has 0 radical (unpaired) electrons. The van der Waals surface area contributed by atoms with Gasteiger partial charge in [-0.15, -0.1) is 0 Å². The van der Waals surface area contributed by atoms with Gasteiger partial charge in [0.1, 0.15) is 30.5 Å². The van der Waals surface area contributed by atoms with Crippen LogP contribution >= 0.6 is 11.6 Å². The van der Waals surface area contributed by atoms with Gasteiger partial charge >= 0.3 is 5.97 Å². The smallest absolute Gasteiger partial charge is 0.325 e. The fourth-order valence-electron chi connectivity index (χ4n) is 2.98. The van der Waals surface area contributed by atoms with Gasteiger partial charge in [0.25, 0.3) is 11.5 Å². The summed E-state index contributed by atoms with van der Waals surface area (Å²) < 4.78 is 10.8. The normalized spacial score (nSPS) is 10.6. The first-order valence-corrected chi connectivity index (χ1v) is 10.3. The quantitative estimate of drug-likeness (QED) is 0.403. The molecule has 0 saturated carbocycles. The molecule has 9 heteroatoms. The summed E-state index contributed by atoms with van der Waals surface area (Å²) in [7, 11) is 0. The highest BCUT2D eigenvalue weighted by Gasteiger charge is 2.11. The van der Waals surface area contributed by atoms with Crippen molar-refractivity contribution in [3.8, 4) is 11.5 Å². The van der Waals surface area contributed by atoms with E-state index in [1.807, 2.05) is 30.3 Å². The second-order valence-electron chi connectivity index (χ2n) is 6.96. The number of ether oxygens (including phenoxy) is 2. The molecule has 0 fully saturated rings. The van der Waals surface area contributed by atoms with Crippen molar-refractivity contribution in [3.63, 3.8) is 0 Å². The van der Waals surface area contributed by atoms with Crippen LogP contribution < -0.4 is 15.6 Å². The van der Waals surface area contributed by atoms with Crippen LogP contribution in [-0.2, 0) is 16.1 Å². The Morgan fingerprint density at radius 2 is 1.70 bits per heavy atom. The average molecular weight is 464 g/mol. The van der Waals surface area contributed by atoms with Gasteiger partial charge in [-0.25, -0.2) is 4.98 Å². The monoisotopic (exact) mass is 463 g/mol. The number of benzene rings is 3. The molecule has 4 aromatic rings. The molecule has 0 aliphatic heterocycles. The molecule has 0 atom stereocenters. The number of para-hydroxylation sites is 1. The minimum atomic E-state index is -0.679. The fourth-order valence-corrected chi connectivity index (χ4v) is 3.15. The van der Waals surface area contributed by atoms with Crippen LogP contribution in [0.25, 0.3) is 10.9 Å². The zero-order valence-corrected chi connectivity index (χ0v) is 18.0. The second kappa shape index (κ2) is 9.97. The van der Waals surface area contributed by atoms with Crippen molar-refractivity contribution in [2.45, 2.75) is 6.61 Å². The minimum Gasteiger partial charge on any atom is -0.457 e. The van der Waals surface area contributed by atoms with E-state index >= 15 is 0 Å². The SMILES string of the molecule is O=C(CNC(=O)c1ccc(Oc2ccccc2)cc1)OCc1nc2cc(Cl)ccc2c(=O)[nH]1. The lowest BCUT2D eigenvalue weighted by molar-refractivity contribution is -0.143. The summed E-state index contributed by atoms with van der Waals surface area (Å²) in [5.41, 5.74) is 0.390. The zero-order valence-electron chi connectivity index (χ0n) is 17.2. The van der Waals surface area contributed by atoms with Crippen LogP contribution in [0.4, 0.5) is 0 Å². The number of aromatic nitrogens is 2. The highest BCUT2D eigenvalue weighted by Crippen LogP contribution is 2.21. The molecule has 166 valence electrons. The number of H-pyrrole nitrogens is 1. The molecule has 0 saturated heterocycles. The van der Waals surface area contributed by atoms with Crippen LogP contribution in [0, 0.1) is 0 Å². The van der Waals surface area contributed by atoms with Crippen molar-refractivity contribution in [1.82, 2.24) is 15.3 Å². The first-order valence-electron chi connectivity index (χ1n) is 9.93. The van der Waals surface area contributed by atoms with E-state index in [2.05, 4.69) is 15.3 Å². The van der Waals surface area contributed by atoms with Crippen molar-refractivity contribution in [2.75, 3.05) is 6.54 Å². The van der Waals surface area contributed by atoms with Crippen LogP contribution in [0.3, 0.4) is 0 Å². The molecular weight excluding hydrogens is 446 g/mol. The van der Waals surface area contributed by atoms with Crippen LogP contribution in [0.2, 0.25) is 5.02 Å². The highest BCUT2D eigenvalue weighted by molar-refractivity contribution is 6.31. The van der Waals surface area contributed by atoms with Gasteiger partial charge in [-0.1, -0.05) is 29.8 Å². The van der Waals surface area contributed by atoms with Crippen molar-refractivity contribution in [1.29, 1.82) is 0 Å². The van der Waals surface area contributed by atoms with Gasteiger partial charge in [0, 0.05) is 10.6 Å². The molecule has 0 aliphatic carbocycles. The average Bonchev–Trinajstić information content (AvgIpc) is 2.82. The lowest BCUT2D eigenvalue weighted by Crippen LogP contribution is -2.30. The van der Waals surface area contributed by atoms with Gasteiger partial charge < -0.3 is 19.8 Å². The Morgan fingerprint density at radius 1 is 0.970 bits per heavy atom. The maximum atomic E-state index is 12.3. The van der Waals surface area contributed by atoms with Gasteiger partial charge in [0.2, 0.25) is 0 Å². The van der Waals surface area contributed by atoms with E-state index in [-0.39, 0.29) is 24.5 Å². The number of esters is 1. The molecule has 0 spiro atoms. The van der Waals surface area contributed by atoms with E-state index in [9.17, 15) is 14.4 Å². The number of halogens is 1. The Balaban J connectivity index is 1.28. The Labute approximate surface area is 193 Å². The maximum Gasteiger partial charge on any atom is 0.325 e. The molecule has 0 aliphatic rings. The summed E-state index contributed by atoms with van der Waals surface area (Å²) in [6.07, 6.45) is 0. The molecule has 2 N–H and O–H groups in total. The number of nitrogens with zero attached hydrogens (tertiary/aromatic N) is 1. The molecule has 1 aromatic heterocycles. The third kappa shape index (κ3) is 5.75. The molecule has 0 unspecified atom stereocenters. The van der Waals surface area contributed by atoms with Crippen molar-refractivity contribution in [3.05, 3.63) is 99.6 Å². The van der Waals surface area contributed by atoms with Crippen molar-refractivity contribution < 1.29 is 19.1 Å². The van der Waals surface area contributed by atoms with E-state index in [4.69, 9.17) is 21.1 Å². The lowest BCUT2D eigenvalue weighted by atomic mass is 10.2. The standard InChI is InChI=1S/C24H18ClN3O5/c25-16-8-11-19-20(12-16)27-21(28-24(19)31)14-32-22(29)13-26-23(30)15-6-9-18(10-7-15)33-17-4-2-1-3-5-17/h1-12H,13-14H2,(H,26,30)(H,27,28,31). The van der Waals surface area contributed by atoms with Crippen LogP contribution in [0.15, 0.2) is 77.6 Å². The van der Waals surface area contributed by atoms with E-state index in [1.54, 1.807) is 42.5 Å². The van der Waals surface area contributed by atoms with Crippen LogP contribution in [-0.4, -0.2) is 28.4 Å². The third-order valence-corrected chi connectivity index (χ3v) is 4.81. The van der Waals surface area contributed by atoms with Crippen LogP contribution in [0.1, 0.15) is 16.2 Å². The summed E-state index contributed by atoms with van der Waals surface area (Å²) in [5, 5.41) is 3.30. The Bertz CT molecular complexity index is 1350. The molecule has 4 rings (SSSR count). The summed E-state index contributed by atoms with van der Waals surface area (Å²) in [6.45, 7) is -0.595.